The Morgan fingerprint density at radius 3 is 1.55 bits per heavy atom. The fourth-order valence-electron chi connectivity index (χ4n) is 1.82. The van der Waals surface area contributed by atoms with Gasteiger partial charge in [0.2, 0.25) is 0 Å². The van der Waals surface area contributed by atoms with Crippen LogP contribution in [0.2, 0.25) is 0 Å². The van der Waals surface area contributed by atoms with E-state index in [4.69, 9.17) is 16.3 Å². The minimum Gasteiger partial charge on any atom is -0.342 e. The van der Waals surface area contributed by atoms with Crippen molar-refractivity contribution in [2.24, 2.45) is 0 Å². The molecule has 0 aliphatic heterocycles. The quantitative estimate of drug-likeness (QED) is 0.743. The second-order valence-electron chi connectivity index (χ2n) is 4.23. The van der Waals surface area contributed by atoms with Crippen LogP contribution in [0.25, 0.3) is 0 Å². The van der Waals surface area contributed by atoms with Crippen LogP contribution in [0, 0.1) is 0 Å². The van der Waals surface area contributed by atoms with Crippen molar-refractivity contribution in [3.63, 3.8) is 0 Å². The first kappa shape index (κ1) is 14.9. The van der Waals surface area contributed by atoms with Crippen LogP contribution < -0.4 is 0 Å². The molecule has 1 nitrogen and oxygen atoms in total. The average molecular weight is 301 g/mol. The molecule has 2 rings (SSSR count). The molecule has 0 spiro atoms. The van der Waals surface area contributed by atoms with Crippen molar-refractivity contribution in [2.45, 2.75) is 11.2 Å². The Morgan fingerprint density at radius 1 is 0.800 bits per heavy atom. The lowest BCUT2D eigenvalue weighted by Crippen LogP contribution is -2.30. The summed E-state index contributed by atoms with van der Waals surface area (Å²) in [7, 11) is 0. The van der Waals surface area contributed by atoms with Crippen molar-refractivity contribution in [1.82, 2.24) is 0 Å². The zero-order valence-corrected chi connectivity index (χ0v) is 11.2. The molecule has 0 bridgehead atoms. The molecule has 20 heavy (non-hydrogen) atoms. The van der Waals surface area contributed by atoms with Gasteiger partial charge in [0.15, 0.2) is 5.06 Å². The third-order valence-corrected chi connectivity index (χ3v) is 3.27. The van der Waals surface area contributed by atoms with Gasteiger partial charge in [-0.2, -0.15) is 13.2 Å². The fourth-order valence-corrected chi connectivity index (χ4v) is 2.13. The summed E-state index contributed by atoms with van der Waals surface area (Å²) in [4.78, 5) is 0. The van der Waals surface area contributed by atoms with Gasteiger partial charge in [-0.05, 0) is 0 Å². The van der Waals surface area contributed by atoms with E-state index >= 15 is 0 Å². The normalized spacial score (nSPS) is 12.4. The van der Waals surface area contributed by atoms with Gasteiger partial charge in [0.1, 0.15) is 6.61 Å². The summed E-state index contributed by atoms with van der Waals surface area (Å²) in [6.07, 6.45) is -4.44. The zero-order chi connectivity index (χ0) is 14.6. The van der Waals surface area contributed by atoms with Gasteiger partial charge in [-0.3, -0.25) is 0 Å². The van der Waals surface area contributed by atoms with Crippen molar-refractivity contribution < 1.29 is 17.9 Å². The fraction of sp³-hybridized carbons (Fsp3) is 0.200. The van der Waals surface area contributed by atoms with Crippen molar-refractivity contribution >= 4 is 11.6 Å². The van der Waals surface area contributed by atoms with E-state index in [-0.39, 0.29) is 0 Å². The first-order chi connectivity index (χ1) is 9.42. The molecule has 0 N–H and O–H groups in total. The molecule has 0 radical (unpaired) electrons. The largest absolute Gasteiger partial charge is 0.411 e. The monoisotopic (exact) mass is 300 g/mol. The minimum absolute atomic E-state index is 0.456. The highest BCUT2D eigenvalue weighted by atomic mass is 35.5. The molecule has 0 aliphatic carbocycles. The molecule has 0 atom stereocenters. The van der Waals surface area contributed by atoms with E-state index in [9.17, 15) is 13.2 Å². The van der Waals surface area contributed by atoms with Crippen LogP contribution in [0.15, 0.2) is 60.7 Å². The molecule has 106 valence electrons. The topological polar surface area (TPSA) is 9.23 Å². The van der Waals surface area contributed by atoms with Gasteiger partial charge in [-0.25, -0.2) is 0 Å². The van der Waals surface area contributed by atoms with Gasteiger partial charge in [-0.1, -0.05) is 72.3 Å². The molecule has 0 amide bonds. The summed E-state index contributed by atoms with van der Waals surface area (Å²) >= 11 is 6.37. The van der Waals surface area contributed by atoms with Crippen LogP contribution in [0.5, 0.6) is 0 Å². The number of rotatable bonds is 4. The highest BCUT2D eigenvalue weighted by Crippen LogP contribution is 2.39. The molecule has 0 fully saturated rings. The van der Waals surface area contributed by atoms with E-state index in [1.54, 1.807) is 60.7 Å². The van der Waals surface area contributed by atoms with Crippen LogP contribution in [0.1, 0.15) is 11.1 Å². The third-order valence-electron chi connectivity index (χ3n) is 2.72. The van der Waals surface area contributed by atoms with Crippen LogP contribution in [0.3, 0.4) is 0 Å². The molecule has 5 heteroatoms. The number of hydrogen-bond acceptors (Lipinski definition) is 1. The summed E-state index contributed by atoms with van der Waals surface area (Å²) in [5.41, 5.74) is 0.911. The highest BCUT2D eigenvalue weighted by molar-refractivity contribution is 6.25. The number of benzene rings is 2. The Morgan fingerprint density at radius 2 is 1.20 bits per heavy atom. The first-order valence-electron chi connectivity index (χ1n) is 5.92. The number of halogens is 4. The lowest BCUT2D eigenvalue weighted by Gasteiger charge is -2.29. The number of hydrogen-bond donors (Lipinski definition) is 0. The van der Waals surface area contributed by atoms with Crippen molar-refractivity contribution in [3.8, 4) is 0 Å². The Balaban J connectivity index is 2.39. The van der Waals surface area contributed by atoms with Gasteiger partial charge in [-0.15, -0.1) is 0 Å². The van der Waals surface area contributed by atoms with Gasteiger partial charge in [0.05, 0.1) is 0 Å². The molecule has 2 aromatic rings. The van der Waals surface area contributed by atoms with Gasteiger partial charge in [0.25, 0.3) is 0 Å². The maximum atomic E-state index is 12.4. The van der Waals surface area contributed by atoms with E-state index in [1.165, 1.54) is 0 Å². The molecule has 0 saturated carbocycles. The average Bonchev–Trinajstić information content (AvgIpc) is 2.46. The lowest BCUT2D eigenvalue weighted by molar-refractivity contribution is -0.188. The van der Waals surface area contributed by atoms with E-state index in [0.717, 1.165) is 0 Å². The maximum Gasteiger partial charge on any atom is 0.411 e. The highest BCUT2D eigenvalue weighted by Gasteiger charge is 2.38. The second-order valence-corrected chi connectivity index (χ2v) is 4.76. The van der Waals surface area contributed by atoms with Crippen LogP contribution in [-0.4, -0.2) is 12.8 Å². The molecule has 0 saturated heterocycles. The molecular weight excluding hydrogens is 289 g/mol. The predicted octanol–water partition coefficient (Wildman–Crippen LogP) is 4.71. The van der Waals surface area contributed by atoms with Crippen molar-refractivity contribution in [3.05, 3.63) is 71.8 Å². The van der Waals surface area contributed by atoms with E-state index < -0.39 is 17.8 Å². The standard InChI is InChI=1S/C15H12ClF3O/c16-15(20-11-14(17,18)19,12-7-3-1-4-8-12)13-9-5-2-6-10-13/h1-10H,11H2. The predicted molar refractivity (Wildman–Crippen MR) is 71.5 cm³/mol. The second kappa shape index (κ2) is 5.85. The summed E-state index contributed by atoms with van der Waals surface area (Å²) in [5, 5.41) is -1.65. The molecule has 0 heterocycles. The molecule has 2 aromatic carbocycles. The van der Waals surface area contributed by atoms with Gasteiger partial charge < -0.3 is 4.74 Å². The third kappa shape index (κ3) is 3.52. The SMILES string of the molecule is FC(F)(F)COC(Cl)(c1ccccc1)c1ccccc1. The van der Waals surface area contributed by atoms with Crippen molar-refractivity contribution in [1.29, 1.82) is 0 Å². The Kier molecular flexibility index (Phi) is 4.35. The summed E-state index contributed by atoms with van der Waals surface area (Å²) in [6.45, 7) is -1.42. The smallest absolute Gasteiger partial charge is 0.342 e. The Hall–Kier alpha value is -1.52. The van der Waals surface area contributed by atoms with Crippen molar-refractivity contribution in [2.75, 3.05) is 6.61 Å². The zero-order valence-electron chi connectivity index (χ0n) is 10.4. The summed E-state index contributed by atoms with van der Waals surface area (Å²) in [6, 6.07) is 16.9. The van der Waals surface area contributed by atoms with E-state index in [0.29, 0.717) is 11.1 Å². The van der Waals surface area contributed by atoms with Crippen LogP contribution in [0.4, 0.5) is 13.2 Å². The molecular formula is C15H12ClF3O. The first-order valence-corrected chi connectivity index (χ1v) is 6.30. The summed E-state index contributed by atoms with van der Waals surface area (Å²) < 4.78 is 42.3. The van der Waals surface area contributed by atoms with Gasteiger partial charge >= 0.3 is 6.18 Å². The number of alkyl halides is 4. The minimum atomic E-state index is -4.44. The summed E-state index contributed by atoms with van der Waals surface area (Å²) in [5.74, 6) is 0. The number of ether oxygens (including phenoxy) is 1. The molecule has 0 aromatic heterocycles. The van der Waals surface area contributed by atoms with E-state index in [2.05, 4.69) is 0 Å². The molecule has 0 unspecified atom stereocenters. The van der Waals surface area contributed by atoms with Crippen LogP contribution in [-0.2, 0) is 9.80 Å². The van der Waals surface area contributed by atoms with Gasteiger partial charge in [0, 0.05) is 11.1 Å². The Labute approximate surface area is 119 Å². The molecule has 0 aliphatic rings. The Bertz CT molecular complexity index is 501. The lowest BCUT2D eigenvalue weighted by atomic mass is 10.0. The van der Waals surface area contributed by atoms with Crippen LogP contribution >= 0.6 is 11.6 Å². The van der Waals surface area contributed by atoms with E-state index in [1.807, 2.05) is 0 Å². The maximum absolute atomic E-state index is 12.4.